The van der Waals surface area contributed by atoms with Gasteiger partial charge in [0.1, 0.15) is 0 Å². The standard InChI is InChI=1S/C14H25NO2/c1-13(2)7-4-8-14(17,9-13)10-15-12(16)11-5-3-6-11/h11,17H,3-10H2,1-2H3,(H,15,16)/t14-/m1/s1. The maximum Gasteiger partial charge on any atom is 0.223 e. The van der Waals surface area contributed by atoms with Gasteiger partial charge in [0.05, 0.1) is 5.60 Å². The zero-order chi connectivity index (χ0) is 12.5. The minimum absolute atomic E-state index is 0.146. The van der Waals surface area contributed by atoms with Crippen molar-refractivity contribution in [1.29, 1.82) is 0 Å². The van der Waals surface area contributed by atoms with Gasteiger partial charge in [-0.3, -0.25) is 4.79 Å². The Morgan fingerprint density at radius 2 is 2.00 bits per heavy atom. The van der Waals surface area contributed by atoms with Crippen LogP contribution in [-0.4, -0.2) is 23.2 Å². The third-order valence-electron chi connectivity index (χ3n) is 4.37. The van der Waals surface area contributed by atoms with Crippen LogP contribution >= 0.6 is 0 Å². The van der Waals surface area contributed by atoms with Gasteiger partial charge in [0.25, 0.3) is 0 Å². The Kier molecular flexibility index (Phi) is 3.48. The van der Waals surface area contributed by atoms with E-state index in [2.05, 4.69) is 19.2 Å². The summed E-state index contributed by atoms with van der Waals surface area (Å²) in [6, 6.07) is 0. The van der Waals surface area contributed by atoms with Crippen LogP contribution < -0.4 is 5.32 Å². The first-order valence-electron chi connectivity index (χ1n) is 6.90. The van der Waals surface area contributed by atoms with Crippen LogP contribution in [0.2, 0.25) is 0 Å². The molecule has 0 aromatic carbocycles. The molecule has 0 aromatic heterocycles. The molecule has 2 fully saturated rings. The molecule has 2 N–H and O–H groups in total. The second-order valence-electron chi connectivity index (χ2n) is 6.76. The Labute approximate surface area is 104 Å². The van der Waals surface area contributed by atoms with E-state index in [9.17, 15) is 9.90 Å². The van der Waals surface area contributed by atoms with Gasteiger partial charge in [0, 0.05) is 12.5 Å². The van der Waals surface area contributed by atoms with Crippen LogP contribution in [0.1, 0.15) is 58.8 Å². The monoisotopic (exact) mass is 239 g/mol. The largest absolute Gasteiger partial charge is 0.388 e. The summed E-state index contributed by atoms with van der Waals surface area (Å²) >= 11 is 0. The topological polar surface area (TPSA) is 49.3 Å². The maximum atomic E-state index is 11.7. The summed E-state index contributed by atoms with van der Waals surface area (Å²) in [5, 5.41) is 13.5. The number of nitrogens with one attached hydrogen (secondary N) is 1. The SMILES string of the molecule is CC1(C)CCC[C@](O)(CNC(=O)C2CCC2)C1. The van der Waals surface area contributed by atoms with Gasteiger partial charge in [0.2, 0.25) is 5.91 Å². The molecule has 0 saturated heterocycles. The van der Waals surface area contributed by atoms with Crippen molar-refractivity contribution < 1.29 is 9.90 Å². The fourth-order valence-electron chi connectivity index (χ4n) is 3.18. The number of carbonyl (C=O) groups is 1. The molecular formula is C14H25NO2. The molecule has 0 aromatic rings. The van der Waals surface area contributed by atoms with Gasteiger partial charge in [0.15, 0.2) is 0 Å². The van der Waals surface area contributed by atoms with E-state index in [4.69, 9.17) is 0 Å². The summed E-state index contributed by atoms with van der Waals surface area (Å²) in [4.78, 5) is 11.7. The molecule has 0 aliphatic heterocycles. The van der Waals surface area contributed by atoms with Crippen LogP contribution in [0, 0.1) is 11.3 Å². The van der Waals surface area contributed by atoms with E-state index in [1.54, 1.807) is 0 Å². The quantitative estimate of drug-likeness (QED) is 0.793. The van der Waals surface area contributed by atoms with Crippen molar-refractivity contribution in [1.82, 2.24) is 5.32 Å². The van der Waals surface area contributed by atoms with Crippen LogP contribution in [0.15, 0.2) is 0 Å². The van der Waals surface area contributed by atoms with Crippen LogP contribution in [0.4, 0.5) is 0 Å². The van der Waals surface area contributed by atoms with Crippen molar-refractivity contribution in [2.75, 3.05) is 6.54 Å². The molecule has 0 unspecified atom stereocenters. The van der Waals surface area contributed by atoms with Crippen molar-refractivity contribution in [3.05, 3.63) is 0 Å². The molecule has 3 nitrogen and oxygen atoms in total. The Morgan fingerprint density at radius 3 is 2.53 bits per heavy atom. The highest BCUT2D eigenvalue weighted by molar-refractivity contribution is 5.79. The number of carbonyl (C=O) groups excluding carboxylic acids is 1. The Morgan fingerprint density at radius 1 is 1.29 bits per heavy atom. The minimum atomic E-state index is -0.679. The number of hydrogen-bond donors (Lipinski definition) is 2. The van der Waals surface area contributed by atoms with E-state index in [0.29, 0.717) is 6.54 Å². The van der Waals surface area contributed by atoms with Gasteiger partial charge in [-0.05, 0) is 43.9 Å². The highest BCUT2D eigenvalue weighted by atomic mass is 16.3. The fourth-order valence-corrected chi connectivity index (χ4v) is 3.18. The molecule has 98 valence electrons. The lowest BCUT2D eigenvalue weighted by molar-refractivity contribution is -0.129. The van der Waals surface area contributed by atoms with Crippen molar-refractivity contribution in [3.63, 3.8) is 0 Å². The van der Waals surface area contributed by atoms with Crippen LogP contribution in [0.25, 0.3) is 0 Å². The predicted octanol–water partition coefficient (Wildman–Crippen LogP) is 2.23. The first-order chi connectivity index (χ1) is 7.90. The molecule has 0 bridgehead atoms. The van der Waals surface area contributed by atoms with E-state index < -0.39 is 5.60 Å². The summed E-state index contributed by atoms with van der Waals surface area (Å²) in [5.74, 6) is 0.364. The molecule has 1 atom stereocenters. The first-order valence-corrected chi connectivity index (χ1v) is 6.90. The molecule has 0 radical (unpaired) electrons. The molecule has 2 saturated carbocycles. The van der Waals surface area contributed by atoms with Crippen molar-refractivity contribution >= 4 is 5.91 Å². The Bertz CT molecular complexity index is 297. The average molecular weight is 239 g/mol. The maximum absolute atomic E-state index is 11.7. The summed E-state index contributed by atoms with van der Waals surface area (Å²) in [6.45, 7) is 4.83. The zero-order valence-corrected chi connectivity index (χ0v) is 11.1. The zero-order valence-electron chi connectivity index (χ0n) is 11.1. The van der Waals surface area contributed by atoms with Gasteiger partial charge in [-0.1, -0.05) is 20.3 Å². The number of aliphatic hydroxyl groups is 1. The average Bonchev–Trinajstić information content (AvgIpc) is 2.10. The second-order valence-corrected chi connectivity index (χ2v) is 6.76. The van der Waals surface area contributed by atoms with Gasteiger partial charge < -0.3 is 10.4 Å². The van der Waals surface area contributed by atoms with Crippen molar-refractivity contribution in [3.8, 4) is 0 Å². The summed E-state index contributed by atoms with van der Waals surface area (Å²) < 4.78 is 0. The van der Waals surface area contributed by atoms with Gasteiger partial charge >= 0.3 is 0 Å². The van der Waals surface area contributed by atoms with E-state index >= 15 is 0 Å². The lowest BCUT2D eigenvalue weighted by atomic mass is 9.70. The second kappa shape index (κ2) is 4.60. The molecule has 3 heteroatoms. The summed E-state index contributed by atoms with van der Waals surface area (Å²) in [5.41, 5.74) is -0.477. The van der Waals surface area contributed by atoms with Gasteiger partial charge in [-0.25, -0.2) is 0 Å². The molecule has 0 spiro atoms. The Balaban J connectivity index is 1.82. The highest BCUT2D eigenvalue weighted by Gasteiger charge is 2.39. The normalized spacial score (nSPS) is 32.9. The van der Waals surface area contributed by atoms with E-state index in [0.717, 1.165) is 32.1 Å². The highest BCUT2D eigenvalue weighted by Crippen LogP contribution is 2.40. The molecule has 17 heavy (non-hydrogen) atoms. The number of amides is 1. The number of hydrogen-bond acceptors (Lipinski definition) is 2. The first kappa shape index (κ1) is 12.9. The fraction of sp³-hybridized carbons (Fsp3) is 0.929. The van der Waals surface area contributed by atoms with Crippen LogP contribution in [-0.2, 0) is 4.79 Å². The van der Waals surface area contributed by atoms with E-state index in [1.807, 2.05) is 0 Å². The third-order valence-corrected chi connectivity index (χ3v) is 4.37. The molecular weight excluding hydrogens is 214 g/mol. The van der Waals surface area contributed by atoms with E-state index in [1.165, 1.54) is 12.8 Å². The van der Waals surface area contributed by atoms with E-state index in [-0.39, 0.29) is 17.2 Å². The summed E-state index contributed by atoms with van der Waals surface area (Å²) in [7, 11) is 0. The molecule has 2 aliphatic carbocycles. The predicted molar refractivity (Wildman–Crippen MR) is 67.5 cm³/mol. The van der Waals surface area contributed by atoms with Crippen molar-refractivity contribution in [2.45, 2.75) is 64.4 Å². The third kappa shape index (κ3) is 3.21. The lowest BCUT2D eigenvalue weighted by Gasteiger charge is -2.42. The smallest absolute Gasteiger partial charge is 0.223 e. The van der Waals surface area contributed by atoms with Gasteiger partial charge in [-0.15, -0.1) is 0 Å². The molecule has 2 rings (SSSR count). The molecule has 2 aliphatic rings. The lowest BCUT2D eigenvalue weighted by Crippen LogP contribution is -2.49. The Hall–Kier alpha value is -0.570. The summed E-state index contributed by atoms with van der Waals surface area (Å²) in [6.07, 6.45) is 7.07. The minimum Gasteiger partial charge on any atom is -0.388 e. The molecule has 0 heterocycles. The molecule has 1 amide bonds. The van der Waals surface area contributed by atoms with Crippen LogP contribution in [0.5, 0.6) is 0 Å². The van der Waals surface area contributed by atoms with Crippen LogP contribution in [0.3, 0.4) is 0 Å². The number of rotatable bonds is 3. The van der Waals surface area contributed by atoms with Crippen molar-refractivity contribution in [2.24, 2.45) is 11.3 Å². The van der Waals surface area contributed by atoms with Gasteiger partial charge in [-0.2, -0.15) is 0 Å².